The standard InChI is InChI=1S/C18H27FN6/c1-12-7-8-14(9-16(12)19)13(2)23-17(20-3)21-10-15-11-22-18(24(4)5)25(15)6/h7-9,11,13H,10H2,1-6H3,(H2,20,21,23). The van der Waals surface area contributed by atoms with Gasteiger partial charge in [0.25, 0.3) is 0 Å². The summed E-state index contributed by atoms with van der Waals surface area (Å²) in [5, 5.41) is 6.55. The largest absolute Gasteiger partial charge is 0.351 e. The Bertz CT molecular complexity index is 750. The van der Waals surface area contributed by atoms with Gasteiger partial charge in [-0.15, -0.1) is 0 Å². The fourth-order valence-corrected chi connectivity index (χ4v) is 2.55. The second kappa shape index (κ2) is 8.00. The van der Waals surface area contributed by atoms with E-state index in [9.17, 15) is 4.39 Å². The highest BCUT2D eigenvalue weighted by Crippen LogP contribution is 2.16. The van der Waals surface area contributed by atoms with E-state index in [1.54, 1.807) is 26.1 Å². The maximum absolute atomic E-state index is 13.8. The normalized spacial score (nSPS) is 12.8. The third-order valence-corrected chi connectivity index (χ3v) is 4.17. The van der Waals surface area contributed by atoms with E-state index >= 15 is 0 Å². The van der Waals surface area contributed by atoms with E-state index in [0.29, 0.717) is 18.1 Å². The summed E-state index contributed by atoms with van der Waals surface area (Å²) in [4.78, 5) is 10.6. The lowest BCUT2D eigenvalue weighted by atomic mass is 10.1. The van der Waals surface area contributed by atoms with Crippen molar-refractivity contribution in [3.8, 4) is 0 Å². The molecule has 6 nitrogen and oxygen atoms in total. The molecule has 7 heteroatoms. The van der Waals surface area contributed by atoms with E-state index in [1.807, 2.05) is 49.8 Å². The smallest absolute Gasteiger partial charge is 0.204 e. The Morgan fingerprint density at radius 3 is 2.68 bits per heavy atom. The number of aliphatic imine (C=N–C) groups is 1. The van der Waals surface area contributed by atoms with Crippen molar-refractivity contribution in [2.45, 2.75) is 26.4 Å². The summed E-state index contributed by atoms with van der Waals surface area (Å²) in [6, 6.07) is 5.21. The van der Waals surface area contributed by atoms with Gasteiger partial charge < -0.3 is 20.1 Å². The van der Waals surface area contributed by atoms with Crippen LogP contribution in [0.1, 0.15) is 29.8 Å². The van der Waals surface area contributed by atoms with Gasteiger partial charge in [-0.3, -0.25) is 4.99 Å². The van der Waals surface area contributed by atoms with Crippen LogP contribution in [0.5, 0.6) is 0 Å². The molecule has 1 heterocycles. The number of imidazole rings is 1. The van der Waals surface area contributed by atoms with Gasteiger partial charge in [-0.05, 0) is 31.0 Å². The molecular weight excluding hydrogens is 319 g/mol. The van der Waals surface area contributed by atoms with Crippen LogP contribution < -0.4 is 15.5 Å². The van der Waals surface area contributed by atoms with Crippen molar-refractivity contribution in [2.75, 3.05) is 26.0 Å². The van der Waals surface area contributed by atoms with E-state index in [2.05, 4.69) is 20.6 Å². The van der Waals surface area contributed by atoms with Crippen LogP contribution in [-0.4, -0.2) is 36.7 Å². The molecule has 0 bridgehead atoms. The van der Waals surface area contributed by atoms with Gasteiger partial charge in [-0.25, -0.2) is 9.37 Å². The van der Waals surface area contributed by atoms with Crippen LogP contribution in [0.15, 0.2) is 29.4 Å². The third kappa shape index (κ3) is 4.49. The molecule has 1 atom stereocenters. The van der Waals surface area contributed by atoms with Crippen LogP contribution in [0.4, 0.5) is 10.3 Å². The van der Waals surface area contributed by atoms with E-state index < -0.39 is 0 Å². The van der Waals surface area contributed by atoms with Gasteiger partial charge in [-0.1, -0.05) is 12.1 Å². The zero-order valence-corrected chi connectivity index (χ0v) is 15.8. The van der Waals surface area contributed by atoms with Crippen molar-refractivity contribution in [3.05, 3.63) is 47.0 Å². The lowest BCUT2D eigenvalue weighted by molar-refractivity contribution is 0.607. The van der Waals surface area contributed by atoms with Crippen LogP contribution in [0.2, 0.25) is 0 Å². The van der Waals surface area contributed by atoms with E-state index in [4.69, 9.17) is 0 Å². The maximum atomic E-state index is 13.8. The Balaban J connectivity index is 2.00. The molecule has 0 saturated heterocycles. The van der Waals surface area contributed by atoms with E-state index in [0.717, 1.165) is 17.2 Å². The molecule has 2 rings (SSSR count). The number of hydrogen-bond acceptors (Lipinski definition) is 3. The first-order valence-corrected chi connectivity index (χ1v) is 8.24. The summed E-state index contributed by atoms with van der Waals surface area (Å²) in [5.74, 6) is 1.35. The number of guanidine groups is 1. The summed E-state index contributed by atoms with van der Waals surface area (Å²) < 4.78 is 15.8. The van der Waals surface area contributed by atoms with Gasteiger partial charge in [0.05, 0.1) is 24.5 Å². The lowest BCUT2D eigenvalue weighted by Crippen LogP contribution is -2.38. The second-order valence-corrected chi connectivity index (χ2v) is 6.30. The fourth-order valence-electron chi connectivity index (χ4n) is 2.55. The molecule has 0 radical (unpaired) electrons. The Labute approximate surface area is 148 Å². The summed E-state index contributed by atoms with van der Waals surface area (Å²) in [6.07, 6.45) is 1.84. The Morgan fingerprint density at radius 1 is 1.40 bits per heavy atom. The molecule has 0 aliphatic heterocycles. The molecule has 2 N–H and O–H groups in total. The summed E-state index contributed by atoms with van der Waals surface area (Å²) in [6.45, 7) is 4.32. The van der Waals surface area contributed by atoms with E-state index in [-0.39, 0.29) is 11.9 Å². The number of nitrogens with one attached hydrogen (secondary N) is 2. The first kappa shape index (κ1) is 18.8. The number of halogens is 1. The minimum atomic E-state index is -0.194. The predicted molar refractivity (Wildman–Crippen MR) is 100 cm³/mol. The molecule has 25 heavy (non-hydrogen) atoms. The number of anilines is 1. The number of nitrogens with zero attached hydrogens (tertiary/aromatic N) is 4. The van der Waals surface area contributed by atoms with Gasteiger partial charge in [0, 0.05) is 28.2 Å². The van der Waals surface area contributed by atoms with Gasteiger partial charge in [0.2, 0.25) is 5.95 Å². The van der Waals surface area contributed by atoms with Crippen molar-refractivity contribution in [3.63, 3.8) is 0 Å². The van der Waals surface area contributed by atoms with Crippen LogP contribution in [-0.2, 0) is 13.6 Å². The fraction of sp³-hybridized carbons (Fsp3) is 0.444. The van der Waals surface area contributed by atoms with Gasteiger partial charge in [-0.2, -0.15) is 0 Å². The molecule has 136 valence electrons. The van der Waals surface area contributed by atoms with Crippen LogP contribution in [0.25, 0.3) is 0 Å². The van der Waals surface area contributed by atoms with Gasteiger partial charge in [0.1, 0.15) is 5.82 Å². The SMILES string of the molecule is CN=C(NCc1cnc(N(C)C)n1C)NC(C)c1ccc(C)c(F)c1. The van der Waals surface area contributed by atoms with Crippen LogP contribution >= 0.6 is 0 Å². The summed E-state index contributed by atoms with van der Waals surface area (Å²) in [5.41, 5.74) is 2.56. The van der Waals surface area contributed by atoms with Gasteiger partial charge in [0.15, 0.2) is 5.96 Å². The molecular formula is C18H27FN6. The highest BCUT2D eigenvalue weighted by atomic mass is 19.1. The molecule has 0 fully saturated rings. The lowest BCUT2D eigenvalue weighted by Gasteiger charge is -2.19. The van der Waals surface area contributed by atoms with Crippen molar-refractivity contribution < 1.29 is 4.39 Å². The Morgan fingerprint density at radius 2 is 2.12 bits per heavy atom. The van der Waals surface area contributed by atoms with Crippen molar-refractivity contribution in [1.29, 1.82) is 0 Å². The van der Waals surface area contributed by atoms with Crippen molar-refractivity contribution in [2.24, 2.45) is 12.0 Å². The number of hydrogen-bond donors (Lipinski definition) is 2. The third-order valence-electron chi connectivity index (χ3n) is 4.17. The Kier molecular flexibility index (Phi) is 6.01. The highest BCUT2D eigenvalue weighted by Gasteiger charge is 2.12. The summed E-state index contributed by atoms with van der Waals surface area (Å²) >= 11 is 0. The van der Waals surface area contributed by atoms with Crippen molar-refractivity contribution >= 4 is 11.9 Å². The average Bonchev–Trinajstić information content (AvgIpc) is 2.94. The molecule has 0 spiro atoms. The average molecular weight is 346 g/mol. The Hall–Kier alpha value is -2.57. The summed E-state index contributed by atoms with van der Waals surface area (Å²) in [7, 11) is 7.62. The minimum Gasteiger partial charge on any atom is -0.351 e. The van der Waals surface area contributed by atoms with E-state index in [1.165, 1.54) is 0 Å². The molecule has 0 saturated carbocycles. The number of rotatable bonds is 5. The van der Waals surface area contributed by atoms with Gasteiger partial charge >= 0.3 is 0 Å². The minimum absolute atomic E-state index is 0.0647. The molecule has 1 unspecified atom stereocenters. The van der Waals surface area contributed by atoms with Crippen LogP contribution in [0, 0.1) is 12.7 Å². The zero-order valence-electron chi connectivity index (χ0n) is 15.8. The first-order chi connectivity index (χ1) is 11.8. The maximum Gasteiger partial charge on any atom is 0.204 e. The monoisotopic (exact) mass is 346 g/mol. The number of benzene rings is 1. The second-order valence-electron chi connectivity index (χ2n) is 6.30. The molecule has 0 aliphatic carbocycles. The molecule has 2 aromatic rings. The van der Waals surface area contributed by atoms with Crippen molar-refractivity contribution in [1.82, 2.24) is 20.2 Å². The predicted octanol–water partition coefficient (Wildman–Crippen LogP) is 2.36. The molecule has 0 amide bonds. The topological polar surface area (TPSA) is 57.5 Å². The highest BCUT2D eigenvalue weighted by molar-refractivity contribution is 5.80. The first-order valence-electron chi connectivity index (χ1n) is 8.24. The molecule has 1 aromatic heterocycles. The number of aromatic nitrogens is 2. The zero-order chi connectivity index (χ0) is 18.6. The molecule has 1 aromatic carbocycles. The number of aryl methyl sites for hydroxylation is 1. The molecule has 0 aliphatic rings. The van der Waals surface area contributed by atoms with Crippen LogP contribution in [0.3, 0.4) is 0 Å². The quantitative estimate of drug-likeness (QED) is 0.645.